The van der Waals surface area contributed by atoms with Crippen LogP contribution in [0.2, 0.25) is 0 Å². The van der Waals surface area contributed by atoms with Crippen LogP contribution in [0.3, 0.4) is 0 Å². The fourth-order valence-electron chi connectivity index (χ4n) is 1.06. The molecule has 1 atom stereocenters. The van der Waals surface area contributed by atoms with Crippen LogP contribution < -0.4 is 5.32 Å². The molecular weight excluding hydrogens is 202 g/mol. The minimum Gasteiger partial charge on any atom is -0.480 e. The fraction of sp³-hybridized carbons (Fsp3) is 0.333. The van der Waals surface area contributed by atoms with E-state index in [9.17, 15) is 9.59 Å². The third-order valence-corrected chi connectivity index (χ3v) is 2.21. The Bertz CT molecular complexity index is 286. The number of amides is 1. The third kappa shape index (κ3) is 2.63. The lowest BCUT2D eigenvalue weighted by molar-refractivity contribution is -0.141. The zero-order valence-electron chi connectivity index (χ0n) is 7.38. The van der Waals surface area contributed by atoms with Crippen LogP contribution in [0, 0.1) is 5.92 Å². The average molecular weight is 213 g/mol. The largest absolute Gasteiger partial charge is 0.480 e. The molecule has 14 heavy (non-hydrogen) atoms. The molecule has 0 aromatic rings. The van der Waals surface area contributed by atoms with Crippen LogP contribution in [-0.2, 0) is 9.59 Å². The Balaban J connectivity index is 2.50. The summed E-state index contributed by atoms with van der Waals surface area (Å²) >= 11 is 3.84. The summed E-state index contributed by atoms with van der Waals surface area (Å²) in [4.78, 5) is 22.0. The highest BCUT2D eigenvalue weighted by atomic mass is 32.1. The number of nitrogens with one attached hydrogen (secondary N) is 1. The lowest BCUT2D eigenvalue weighted by Gasteiger charge is -2.13. The molecule has 0 aliphatic heterocycles. The van der Waals surface area contributed by atoms with Gasteiger partial charge in [-0.05, 0) is 0 Å². The van der Waals surface area contributed by atoms with Crippen LogP contribution in [0.5, 0.6) is 0 Å². The minimum absolute atomic E-state index is 0.0845. The average Bonchev–Trinajstić information content (AvgIpc) is 2.65. The van der Waals surface area contributed by atoms with Gasteiger partial charge < -0.3 is 10.4 Å². The molecule has 5 heteroatoms. The lowest BCUT2D eigenvalue weighted by Crippen LogP contribution is -2.44. The highest BCUT2D eigenvalue weighted by Gasteiger charge is 2.21. The summed E-state index contributed by atoms with van der Waals surface area (Å²) in [6.07, 6.45) is 6.90. The van der Waals surface area contributed by atoms with E-state index in [2.05, 4.69) is 17.9 Å². The SMILES string of the molecule is O=C(N[C@H](CS)C(=O)O)C1C=CC=C1. The number of carbonyl (C=O) groups excluding carboxylic acids is 1. The van der Waals surface area contributed by atoms with Crippen molar-refractivity contribution in [1.29, 1.82) is 0 Å². The number of rotatable bonds is 4. The van der Waals surface area contributed by atoms with Crippen molar-refractivity contribution in [2.45, 2.75) is 6.04 Å². The summed E-state index contributed by atoms with van der Waals surface area (Å²) < 4.78 is 0. The van der Waals surface area contributed by atoms with E-state index in [-0.39, 0.29) is 17.6 Å². The van der Waals surface area contributed by atoms with Gasteiger partial charge in [-0.25, -0.2) is 4.79 Å². The smallest absolute Gasteiger partial charge is 0.327 e. The predicted octanol–water partition coefficient (Wildman–Crippen LogP) is 0.228. The molecule has 0 radical (unpaired) electrons. The molecule has 0 saturated heterocycles. The zero-order chi connectivity index (χ0) is 10.6. The van der Waals surface area contributed by atoms with Gasteiger partial charge in [0.2, 0.25) is 5.91 Å². The molecule has 0 unspecified atom stereocenters. The minimum atomic E-state index is -1.07. The number of hydrogen-bond acceptors (Lipinski definition) is 3. The van der Waals surface area contributed by atoms with Gasteiger partial charge in [0.25, 0.3) is 0 Å². The highest BCUT2D eigenvalue weighted by Crippen LogP contribution is 2.08. The van der Waals surface area contributed by atoms with E-state index < -0.39 is 12.0 Å². The number of aliphatic carboxylic acids is 1. The van der Waals surface area contributed by atoms with Crippen molar-refractivity contribution in [3.63, 3.8) is 0 Å². The Hall–Kier alpha value is -1.23. The summed E-state index contributed by atoms with van der Waals surface area (Å²) in [7, 11) is 0. The standard InChI is InChI=1S/C9H11NO3S/c11-8(6-3-1-2-4-6)10-7(5-14)9(12)13/h1-4,6-7,14H,5H2,(H,10,11)(H,12,13)/t7-/m1/s1. The highest BCUT2D eigenvalue weighted by molar-refractivity contribution is 7.80. The van der Waals surface area contributed by atoms with Crippen molar-refractivity contribution >= 4 is 24.5 Å². The van der Waals surface area contributed by atoms with Gasteiger partial charge >= 0.3 is 5.97 Å². The molecule has 0 saturated carbocycles. The van der Waals surface area contributed by atoms with Gasteiger partial charge in [0, 0.05) is 5.75 Å². The van der Waals surface area contributed by atoms with E-state index in [1.165, 1.54) is 0 Å². The number of carbonyl (C=O) groups is 2. The van der Waals surface area contributed by atoms with Gasteiger partial charge in [0.05, 0.1) is 5.92 Å². The van der Waals surface area contributed by atoms with Gasteiger partial charge in [-0.15, -0.1) is 0 Å². The van der Waals surface area contributed by atoms with E-state index >= 15 is 0 Å². The van der Waals surface area contributed by atoms with Crippen molar-refractivity contribution in [1.82, 2.24) is 5.32 Å². The number of allylic oxidation sites excluding steroid dienone is 2. The van der Waals surface area contributed by atoms with E-state index in [0.29, 0.717) is 0 Å². The number of carboxylic acid groups (broad SMARTS) is 1. The van der Waals surface area contributed by atoms with E-state index in [4.69, 9.17) is 5.11 Å². The Morgan fingerprint density at radius 1 is 1.43 bits per heavy atom. The Kier molecular flexibility index (Phi) is 3.76. The van der Waals surface area contributed by atoms with E-state index in [1.54, 1.807) is 24.3 Å². The Labute approximate surface area is 87.1 Å². The van der Waals surface area contributed by atoms with Crippen LogP contribution in [0.1, 0.15) is 0 Å². The predicted molar refractivity (Wildman–Crippen MR) is 55.2 cm³/mol. The lowest BCUT2D eigenvalue weighted by atomic mass is 10.1. The monoisotopic (exact) mass is 213 g/mol. The molecule has 1 rings (SSSR count). The molecule has 0 fully saturated rings. The van der Waals surface area contributed by atoms with Crippen LogP contribution in [0.15, 0.2) is 24.3 Å². The molecule has 2 N–H and O–H groups in total. The molecule has 0 heterocycles. The first-order valence-electron chi connectivity index (χ1n) is 4.14. The van der Waals surface area contributed by atoms with Gasteiger partial charge in [0.15, 0.2) is 0 Å². The summed E-state index contributed by atoms with van der Waals surface area (Å²) in [5.74, 6) is -1.64. The molecule has 1 amide bonds. The van der Waals surface area contributed by atoms with E-state index in [0.717, 1.165) is 0 Å². The maximum absolute atomic E-state index is 11.4. The van der Waals surface area contributed by atoms with Crippen molar-refractivity contribution in [2.24, 2.45) is 5.92 Å². The van der Waals surface area contributed by atoms with Crippen LogP contribution >= 0.6 is 12.6 Å². The number of hydrogen-bond donors (Lipinski definition) is 3. The molecular formula is C9H11NO3S. The van der Waals surface area contributed by atoms with Gasteiger partial charge in [0.1, 0.15) is 6.04 Å². The van der Waals surface area contributed by atoms with Crippen molar-refractivity contribution in [3.8, 4) is 0 Å². The Morgan fingerprint density at radius 3 is 2.43 bits per heavy atom. The van der Waals surface area contributed by atoms with Crippen LogP contribution in [0.4, 0.5) is 0 Å². The van der Waals surface area contributed by atoms with E-state index in [1.807, 2.05) is 0 Å². The molecule has 0 bridgehead atoms. The second-order valence-corrected chi connectivity index (χ2v) is 3.24. The van der Waals surface area contributed by atoms with Gasteiger partial charge in [-0.2, -0.15) is 12.6 Å². The Morgan fingerprint density at radius 2 is 2.00 bits per heavy atom. The topological polar surface area (TPSA) is 66.4 Å². The van der Waals surface area contributed by atoms with Gasteiger partial charge in [-0.1, -0.05) is 24.3 Å². The second-order valence-electron chi connectivity index (χ2n) is 2.88. The molecule has 0 spiro atoms. The van der Waals surface area contributed by atoms with Crippen LogP contribution in [0.25, 0.3) is 0 Å². The molecule has 0 aromatic carbocycles. The molecule has 4 nitrogen and oxygen atoms in total. The third-order valence-electron chi connectivity index (χ3n) is 1.85. The first-order valence-corrected chi connectivity index (χ1v) is 4.77. The summed E-state index contributed by atoms with van der Waals surface area (Å²) in [5.41, 5.74) is 0. The summed E-state index contributed by atoms with van der Waals surface area (Å²) in [6.45, 7) is 0. The van der Waals surface area contributed by atoms with Crippen molar-refractivity contribution in [2.75, 3.05) is 5.75 Å². The summed E-state index contributed by atoms with van der Waals surface area (Å²) in [6, 6.07) is -0.923. The normalized spacial score (nSPS) is 16.9. The quantitative estimate of drug-likeness (QED) is 0.586. The second kappa shape index (κ2) is 4.85. The summed E-state index contributed by atoms with van der Waals surface area (Å²) in [5, 5.41) is 11.1. The van der Waals surface area contributed by atoms with Gasteiger partial charge in [-0.3, -0.25) is 4.79 Å². The molecule has 1 aliphatic rings. The molecule has 0 aromatic heterocycles. The number of thiol groups is 1. The maximum atomic E-state index is 11.4. The first-order chi connectivity index (χ1) is 6.65. The zero-order valence-corrected chi connectivity index (χ0v) is 8.28. The van der Waals surface area contributed by atoms with Crippen molar-refractivity contribution < 1.29 is 14.7 Å². The number of carboxylic acids is 1. The molecule has 76 valence electrons. The fourth-order valence-corrected chi connectivity index (χ4v) is 1.31. The first kappa shape index (κ1) is 10.8. The van der Waals surface area contributed by atoms with Crippen molar-refractivity contribution in [3.05, 3.63) is 24.3 Å². The van der Waals surface area contributed by atoms with Crippen LogP contribution in [-0.4, -0.2) is 28.8 Å². The maximum Gasteiger partial charge on any atom is 0.327 e. The molecule has 1 aliphatic carbocycles.